The zero-order chi connectivity index (χ0) is 21.8. The summed E-state index contributed by atoms with van der Waals surface area (Å²) >= 11 is 4.72. The van der Waals surface area contributed by atoms with Crippen molar-refractivity contribution < 1.29 is 14.3 Å². The van der Waals surface area contributed by atoms with E-state index < -0.39 is 0 Å². The number of likely N-dealkylation sites (tertiary alicyclic amines) is 1. The van der Waals surface area contributed by atoms with Crippen LogP contribution in [0.25, 0.3) is 0 Å². The summed E-state index contributed by atoms with van der Waals surface area (Å²) in [5.74, 6) is 2.05. The summed E-state index contributed by atoms with van der Waals surface area (Å²) in [6, 6.07) is 10.3. The molecule has 2 aliphatic heterocycles. The van der Waals surface area contributed by atoms with Crippen LogP contribution in [-0.4, -0.2) is 53.1 Å². The second-order valence-corrected chi connectivity index (χ2v) is 10.8. The molecule has 1 unspecified atom stereocenters. The van der Waals surface area contributed by atoms with E-state index in [1.165, 1.54) is 28.0 Å². The van der Waals surface area contributed by atoms with Crippen LogP contribution >= 0.6 is 34.4 Å². The number of carbonyl (C=O) groups excluding carboxylic acids is 1. The molecule has 4 heterocycles. The van der Waals surface area contributed by atoms with E-state index in [2.05, 4.69) is 39.1 Å². The molecule has 10 heteroatoms. The second kappa shape index (κ2) is 10.1. The molecule has 0 saturated carbocycles. The average molecular weight is 489 g/mol. The lowest BCUT2D eigenvalue weighted by Gasteiger charge is -2.26. The largest absolute Gasteiger partial charge is 0.486 e. The molecule has 3 aromatic rings. The van der Waals surface area contributed by atoms with Gasteiger partial charge in [0.25, 0.3) is 0 Å². The number of hydrogen-bond acceptors (Lipinski definition) is 9. The normalized spacial score (nSPS) is 17.5. The third-order valence-electron chi connectivity index (χ3n) is 5.48. The predicted octanol–water partition coefficient (Wildman–Crippen LogP) is 4.48. The van der Waals surface area contributed by atoms with E-state index >= 15 is 0 Å². The zero-order valence-corrected chi connectivity index (χ0v) is 19.9. The van der Waals surface area contributed by atoms with Gasteiger partial charge in [-0.05, 0) is 48.4 Å². The number of thioether (sulfide) groups is 1. The van der Waals surface area contributed by atoms with Gasteiger partial charge in [0.05, 0.1) is 11.8 Å². The van der Waals surface area contributed by atoms with E-state index in [-0.39, 0.29) is 11.9 Å². The topological polar surface area (TPSA) is 76.6 Å². The van der Waals surface area contributed by atoms with Gasteiger partial charge in [0.2, 0.25) is 11.0 Å². The van der Waals surface area contributed by atoms with Gasteiger partial charge in [-0.2, -0.15) is 0 Å². The number of benzene rings is 1. The minimum atomic E-state index is 0.0859. The Kier molecular flexibility index (Phi) is 6.80. The summed E-state index contributed by atoms with van der Waals surface area (Å²) in [4.78, 5) is 16.3. The van der Waals surface area contributed by atoms with Crippen LogP contribution in [0.5, 0.6) is 11.5 Å². The van der Waals surface area contributed by atoms with Gasteiger partial charge in [-0.3, -0.25) is 4.79 Å². The minimum Gasteiger partial charge on any atom is -0.486 e. The van der Waals surface area contributed by atoms with Gasteiger partial charge in [0.15, 0.2) is 15.8 Å². The first-order valence-electron chi connectivity index (χ1n) is 10.7. The number of hydrogen-bond donors (Lipinski definition) is 1. The first-order chi connectivity index (χ1) is 15.8. The lowest BCUT2D eigenvalue weighted by Crippen LogP contribution is -2.32. The standard InChI is InChI=1S/C22H24N4O3S3/c27-20(14-31-22-25-24-21(32-22)23-8-7-16-3-2-12-30-16)26-9-1-4-17(26)15-5-6-18-19(13-15)29-11-10-28-18/h2-3,5-6,12-13,17H,1,4,7-11,14H2,(H,23,24). The van der Waals surface area contributed by atoms with Crippen molar-refractivity contribution in [3.05, 3.63) is 46.2 Å². The zero-order valence-electron chi connectivity index (χ0n) is 17.5. The van der Waals surface area contributed by atoms with Gasteiger partial charge in [-0.15, -0.1) is 21.5 Å². The number of thiophene rings is 1. The van der Waals surface area contributed by atoms with E-state index in [0.717, 1.165) is 58.9 Å². The summed E-state index contributed by atoms with van der Waals surface area (Å²) in [6.45, 7) is 2.75. The van der Waals surface area contributed by atoms with Crippen molar-refractivity contribution >= 4 is 45.5 Å². The molecule has 0 spiro atoms. The monoisotopic (exact) mass is 488 g/mol. The number of nitrogens with zero attached hydrogens (tertiary/aromatic N) is 3. The third kappa shape index (κ3) is 5.02. The van der Waals surface area contributed by atoms with Crippen LogP contribution in [-0.2, 0) is 11.2 Å². The van der Waals surface area contributed by atoms with Crippen LogP contribution in [0.3, 0.4) is 0 Å². The van der Waals surface area contributed by atoms with E-state index in [0.29, 0.717) is 19.0 Å². The van der Waals surface area contributed by atoms with Crippen LogP contribution in [0, 0.1) is 0 Å². The van der Waals surface area contributed by atoms with Crippen molar-refractivity contribution in [2.75, 3.05) is 37.4 Å². The van der Waals surface area contributed by atoms with Crippen molar-refractivity contribution in [3.63, 3.8) is 0 Å². The Bertz CT molecular complexity index is 1060. The number of carbonyl (C=O) groups is 1. The number of anilines is 1. The molecule has 1 fully saturated rings. The minimum absolute atomic E-state index is 0.0859. The van der Waals surface area contributed by atoms with Crippen molar-refractivity contribution in [1.82, 2.24) is 15.1 Å². The van der Waals surface area contributed by atoms with E-state index in [4.69, 9.17) is 9.47 Å². The Morgan fingerprint density at radius 2 is 2.12 bits per heavy atom. The highest BCUT2D eigenvalue weighted by Gasteiger charge is 2.31. The Labute approximate surface area is 199 Å². The van der Waals surface area contributed by atoms with Gasteiger partial charge in [-0.25, -0.2) is 0 Å². The molecule has 0 radical (unpaired) electrons. The number of ether oxygens (including phenoxy) is 2. The lowest BCUT2D eigenvalue weighted by molar-refractivity contribution is -0.129. The summed E-state index contributed by atoms with van der Waals surface area (Å²) in [6.07, 6.45) is 2.94. The van der Waals surface area contributed by atoms with E-state index in [1.807, 2.05) is 17.0 Å². The van der Waals surface area contributed by atoms with Crippen molar-refractivity contribution in [2.24, 2.45) is 0 Å². The van der Waals surface area contributed by atoms with E-state index in [1.54, 1.807) is 11.3 Å². The first-order valence-corrected chi connectivity index (χ1v) is 13.4. The van der Waals surface area contributed by atoms with Crippen LogP contribution in [0.15, 0.2) is 40.1 Å². The van der Waals surface area contributed by atoms with Gasteiger partial charge in [-0.1, -0.05) is 35.2 Å². The second-order valence-electron chi connectivity index (χ2n) is 7.57. The highest BCUT2D eigenvalue weighted by molar-refractivity contribution is 8.01. The Balaban J connectivity index is 1.14. The Morgan fingerprint density at radius 3 is 3.00 bits per heavy atom. The van der Waals surface area contributed by atoms with Gasteiger partial charge < -0.3 is 19.7 Å². The lowest BCUT2D eigenvalue weighted by atomic mass is 10.0. The fourth-order valence-corrected chi connectivity index (χ4v) is 6.34. The van der Waals surface area contributed by atoms with Crippen LogP contribution in [0.1, 0.15) is 29.3 Å². The van der Waals surface area contributed by atoms with Crippen molar-refractivity contribution in [2.45, 2.75) is 29.6 Å². The van der Waals surface area contributed by atoms with E-state index in [9.17, 15) is 4.79 Å². The van der Waals surface area contributed by atoms with Crippen LogP contribution < -0.4 is 14.8 Å². The summed E-state index contributed by atoms with van der Waals surface area (Å²) < 4.78 is 12.2. The maximum Gasteiger partial charge on any atom is 0.233 e. The number of nitrogens with one attached hydrogen (secondary N) is 1. The molecule has 168 valence electrons. The van der Waals surface area contributed by atoms with Crippen LogP contribution in [0.4, 0.5) is 5.13 Å². The third-order valence-corrected chi connectivity index (χ3v) is 8.41. The molecule has 1 N–H and O–H groups in total. The highest BCUT2D eigenvalue weighted by atomic mass is 32.2. The molecule has 1 amide bonds. The fraction of sp³-hybridized carbons (Fsp3) is 0.409. The Morgan fingerprint density at radius 1 is 1.22 bits per heavy atom. The molecular weight excluding hydrogens is 464 g/mol. The van der Waals surface area contributed by atoms with Gasteiger partial charge in [0.1, 0.15) is 13.2 Å². The molecule has 2 aromatic heterocycles. The highest BCUT2D eigenvalue weighted by Crippen LogP contribution is 2.38. The molecule has 1 atom stereocenters. The summed E-state index contributed by atoms with van der Waals surface area (Å²) in [7, 11) is 0. The van der Waals surface area contributed by atoms with Crippen molar-refractivity contribution in [3.8, 4) is 11.5 Å². The summed E-state index contributed by atoms with van der Waals surface area (Å²) in [5, 5.41) is 14.6. The summed E-state index contributed by atoms with van der Waals surface area (Å²) in [5.41, 5.74) is 1.11. The molecule has 5 rings (SSSR count). The maximum absolute atomic E-state index is 13.0. The number of rotatable bonds is 8. The quantitative estimate of drug-likeness (QED) is 0.469. The fourth-order valence-electron chi connectivity index (χ4n) is 3.97. The first kappa shape index (κ1) is 21.5. The van der Waals surface area contributed by atoms with Gasteiger partial charge in [0, 0.05) is 18.0 Å². The number of fused-ring (bicyclic) bond motifs is 1. The van der Waals surface area contributed by atoms with Gasteiger partial charge >= 0.3 is 0 Å². The molecule has 1 aromatic carbocycles. The average Bonchev–Trinajstić information content (AvgIpc) is 3.59. The molecular formula is C22H24N4O3S3. The number of amides is 1. The molecule has 1 saturated heterocycles. The predicted molar refractivity (Wildman–Crippen MR) is 128 cm³/mol. The Hall–Kier alpha value is -2.30. The molecule has 2 aliphatic rings. The molecule has 0 bridgehead atoms. The smallest absolute Gasteiger partial charge is 0.233 e. The molecule has 7 nitrogen and oxygen atoms in total. The SMILES string of the molecule is O=C(CSc1nnc(NCCc2cccs2)s1)N1CCCC1c1ccc2c(c1)OCCO2. The van der Waals surface area contributed by atoms with Crippen molar-refractivity contribution in [1.29, 1.82) is 0 Å². The molecule has 0 aliphatic carbocycles. The molecule has 32 heavy (non-hydrogen) atoms. The van der Waals surface area contributed by atoms with Crippen LogP contribution in [0.2, 0.25) is 0 Å². The number of aromatic nitrogens is 2. The maximum atomic E-state index is 13.0.